The van der Waals surface area contributed by atoms with Crippen LogP contribution in [-0.2, 0) is 33.3 Å². The van der Waals surface area contributed by atoms with Crippen molar-refractivity contribution in [1.29, 1.82) is 0 Å². The fourth-order valence-corrected chi connectivity index (χ4v) is 1.95. The van der Waals surface area contributed by atoms with Crippen molar-refractivity contribution < 1.29 is 33.3 Å². The molecule has 1 aliphatic heterocycles. The topological polar surface area (TPSA) is 88.1 Å². The monoisotopic (exact) mass is 274 g/mol. The largest absolute Gasteiger partial charge is 0.458 e. The second-order valence-corrected chi connectivity index (χ2v) is 4.34. The van der Waals surface area contributed by atoms with Crippen molar-refractivity contribution in [3.05, 3.63) is 0 Å². The Hall–Kier alpha value is -1.63. The lowest BCUT2D eigenvalue weighted by Crippen LogP contribution is -2.51. The number of hydrogen-bond acceptors (Lipinski definition) is 7. The maximum Gasteiger partial charge on any atom is 0.304 e. The minimum atomic E-state index is -0.816. The summed E-state index contributed by atoms with van der Waals surface area (Å²) in [6, 6.07) is 0. The molecule has 0 saturated carbocycles. The van der Waals surface area contributed by atoms with Gasteiger partial charge in [-0.3, -0.25) is 14.4 Å². The average molecular weight is 274 g/mol. The van der Waals surface area contributed by atoms with Crippen LogP contribution in [0.4, 0.5) is 0 Å². The maximum atomic E-state index is 11.1. The van der Waals surface area contributed by atoms with E-state index < -0.39 is 42.5 Å². The Kier molecular flexibility index (Phi) is 5.29. The van der Waals surface area contributed by atoms with Crippen LogP contribution in [0.3, 0.4) is 0 Å². The van der Waals surface area contributed by atoms with Crippen molar-refractivity contribution >= 4 is 17.9 Å². The Morgan fingerprint density at radius 1 is 0.947 bits per heavy atom. The van der Waals surface area contributed by atoms with E-state index in [-0.39, 0.29) is 6.42 Å². The van der Waals surface area contributed by atoms with Crippen LogP contribution in [-0.4, -0.2) is 42.5 Å². The summed E-state index contributed by atoms with van der Waals surface area (Å²) in [4.78, 5) is 33.0. The third kappa shape index (κ3) is 4.86. The van der Waals surface area contributed by atoms with Gasteiger partial charge in [0.05, 0.1) is 12.5 Å². The van der Waals surface area contributed by atoms with E-state index in [1.807, 2.05) is 0 Å². The van der Waals surface area contributed by atoms with Crippen LogP contribution in [0.15, 0.2) is 0 Å². The summed E-state index contributed by atoms with van der Waals surface area (Å²) in [5.41, 5.74) is 0. The third-order valence-corrected chi connectivity index (χ3v) is 2.54. The smallest absolute Gasteiger partial charge is 0.304 e. The van der Waals surface area contributed by atoms with Gasteiger partial charge in [0.2, 0.25) is 6.29 Å². The summed E-state index contributed by atoms with van der Waals surface area (Å²) in [5.74, 6) is -1.49. The Morgan fingerprint density at radius 2 is 1.47 bits per heavy atom. The van der Waals surface area contributed by atoms with Crippen molar-refractivity contribution in [3.8, 4) is 0 Å². The third-order valence-electron chi connectivity index (χ3n) is 2.54. The molecule has 0 aromatic heterocycles. The standard InChI is InChI=1S/C12H18O7/c1-6-12(19-9(4)15)10(17-7(2)13)5-11(16-6)18-8(3)14/h6,10-12H,5H2,1-4H3/t6-,10+,11-,12-/m0/s1. The zero-order chi connectivity index (χ0) is 14.6. The summed E-state index contributed by atoms with van der Waals surface area (Å²) in [6.07, 6.45) is -2.65. The van der Waals surface area contributed by atoms with Crippen LogP contribution in [0.1, 0.15) is 34.1 Å². The maximum absolute atomic E-state index is 11.1. The normalized spacial score (nSPS) is 30.3. The minimum Gasteiger partial charge on any atom is -0.458 e. The highest BCUT2D eigenvalue weighted by Gasteiger charge is 2.42. The predicted molar refractivity (Wildman–Crippen MR) is 61.8 cm³/mol. The van der Waals surface area contributed by atoms with Gasteiger partial charge in [-0.15, -0.1) is 0 Å². The van der Waals surface area contributed by atoms with Crippen molar-refractivity contribution in [3.63, 3.8) is 0 Å². The Morgan fingerprint density at radius 3 is 1.95 bits per heavy atom. The van der Waals surface area contributed by atoms with Crippen molar-refractivity contribution in [1.82, 2.24) is 0 Å². The number of carbonyl (C=O) groups excluding carboxylic acids is 3. The van der Waals surface area contributed by atoms with Crippen LogP contribution in [0.25, 0.3) is 0 Å². The van der Waals surface area contributed by atoms with Gasteiger partial charge in [0.1, 0.15) is 6.10 Å². The summed E-state index contributed by atoms with van der Waals surface area (Å²) >= 11 is 0. The summed E-state index contributed by atoms with van der Waals surface area (Å²) < 4.78 is 20.5. The lowest BCUT2D eigenvalue weighted by atomic mass is 10.0. The molecule has 0 aliphatic carbocycles. The van der Waals surface area contributed by atoms with Crippen molar-refractivity contribution in [2.45, 2.75) is 58.7 Å². The van der Waals surface area contributed by atoms with Gasteiger partial charge in [0.15, 0.2) is 6.10 Å². The highest BCUT2D eigenvalue weighted by atomic mass is 16.7. The highest BCUT2D eigenvalue weighted by Crippen LogP contribution is 2.26. The molecule has 1 aliphatic rings. The fraction of sp³-hybridized carbons (Fsp3) is 0.750. The van der Waals surface area contributed by atoms with Crippen molar-refractivity contribution in [2.24, 2.45) is 0 Å². The number of rotatable bonds is 3. The molecule has 19 heavy (non-hydrogen) atoms. The zero-order valence-corrected chi connectivity index (χ0v) is 11.4. The fourth-order valence-electron chi connectivity index (χ4n) is 1.95. The van der Waals surface area contributed by atoms with Gasteiger partial charge in [0.25, 0.3) is 0 Å². The van der Waals surface area contributed by atoms with Gasteiger partial charge in [-0.05, 0) is 6.92 Å². The summed E-state index contributed by atoms with van der Waals surface area (Å²) in [6.45, 7) is 5.42. The van der Waals surface area contributed by atoms with Gasteiger partial charge >= 0.3 is 17.9 Å². The number of hydrogen-bond donors (Lipinski definition) is 0. The quantitative estimate of drug-likeness (QED) is 0.548. The summed E-state index contributed by atoms with van der Waals surface area (Å²) in [7, 11) is 0. The van der Waals surface area contributed by atoms with E-state index in [1.54, 1.807) is 6.92 Å². The molecule has 0 spiro atoms. The van der Waals surface area contributed by atoms with E-state index in [9.17, 15) is 14.4 Å². The van der Waals surface area contributed by atoms with E-state index in [2.05, 4.69) is 0 Å². The Labute approximate surface area is 111 Å². The molecule has 0 amide bonds. The van der Waals surface area contributed by atoms with Crippen LogP contribution < -0.4 is 0 Å². The molecule has 1 saturated heterocycles. The first-order valence-electron chi connectivity index (χ1n) is 5.96. The molecule has 7 nitrogen and oxygen atoms in total. The molecule has 0 N–H and O–H groups in total. The zero-order valence-electron chi connectivity index (χ0n) is 11.4. The number of esters is 3. The van der Waals surface area contributed by atoms with Crippen LogP contribution in [0, 0.1) is 0 Å². The molecule has 7 heteroatoms. The molecule has 1 fully saturated rings. The van der Waals surface area contributed by atoms with E-state index in [0.717, 1.165) is 0 Å². The second-order valence-electron chi connectivity index (χ2n) is 4.34. The van der Waals surface area contributed by atoms with E-state index in [1.165, 1.54) is 20.8 Å². The SMILES string of the molecule is CC(=O)O[C@H]1C[C@@H](OC(C)=O)[C@@H](OC(C)=O)[C@H](C)O1. The number of carbonyl (C=O) groups is 3. The van der Waals surface area contributed by atoms with Gasteiger partial charge in [-0.2, -0.15) is 0 Å². The van der Waals surface area contributed by atoms with Crippen molar-refractivity contribution in [2.75, 3.05) is 0 Å². The Balaban J connectivity index is 2.77. The summed E-state index contributed by atoms with van der Waals surface area (Å²) in [5, 5.41) is 0. The predicted octanol–water partition coefficient (Wildman–Crippen LogP) is 0.548. The lowest BCUT2D eigenvalue weighted by molar-refractivity contribution is -0.250. The molecule has 0 unspecified atom stereocenters. The van der Waals surface area contributed by atoms with E-state index in [4.69, 9.17) is 18.9 Å². The first-order valence-corrected chi connectivity index (χ1v) is 5.96. The van der Waals surface area contributed by atoms with Gasteiger partial charge < -0.3 is 18.9 Å². The molecule has 0 bridgehead atoms. The molecule has 0 radical (unpaired) electrons. The molecule has 1 heterocycles. The van der Waals surface area contributed by atoms with E-state index >= 15 is 0 Å². The molecule has 108 valence electrons. The molecule has 1 rings (SSSR count). The second kappa shape index (κ2) is 6.51. The van der Waals surface area contributed by atoms with E-state index in [0.29, 0.717) is 0 Å². The van der Waals surface area contributed by atoms with Gasteiger partial charge in [-0.1, -0.05) is 0 Å². The molecule has 0 aromatic carbocycles. The molecular weight excluding hydrogens is 256 g/mol. The average Bonchev–Trinajstić information content (AvgIpc) is 2.21. The first-order chi connectivity index (χ1) is 8.79. The highest BCUT2D eigenvalue weighted by molar-refractivity contribution is 5.67. The first kappa shape index (κ1) is 15.4. The minimum absolute atomic E-state index is 0.126. The Bertz CT molecular complexity index is 365. The molecule has 4 atom stereocenters. The van der Waals surface area contributed by atoms with Crippen LogP contribution >= 0.6 is 0 Å². The molecular formula is C12H18O7. The van der Waals surface area contributed by atoms with Gasteiger partial charge in [-0.25, -0.2) is 0 Å². The number of ether oxygens (including phenoxy) is 4. The van der Waals surface area contributed by atoms with Crippen LogP contribution in [0.2, 0.25) is 0 Å². The lowest BCUT2D eigenvalue weighted by Gasteiger charge is -2.38. The van der Waals surface area contributed by atoms with Gasteiger partial charge in [0, 0.05) is 20.8 Å². The van der Waals surface area contributed by atoms with Crippen LogP contribution in [0.5, 0.6) is 0 Å². The molecule has 0 aromatic rings.